The van der Waals surface area contributed by atoms with Crippen LogP contribution in [0.5, 0.6) is 0 Å². The number of anilines is 1. The lowest BCUT2D eigenvalue weighted by Gasteiger charge is -2.36. The van der Waals surface area contributed by atoms with Crippen molar-refractivity contribution in [2.45, 2.75) is 52.1 Å². The van der Waals surface area contributed by atoms with Crippen molar-refractivity contribution in [2.24, 2.45) is 0 Å². The van der Waals surface area contributed by atoms with E-state index in [0.29, 0.717) is 38.3 Å². The number of hydrogen-bond acceptors (Lipinski definition) is 5. The Morgan fingerprint density at radius 1 is 1.17 bits per heavy atom. The van der Waals surface area contributed by atoms with Crippen molar-refractivity contribution < 1.29 is 32.6 Å². The van der Waals surface area contributed by atoms with E-state index in [1.165, 1.54) is 13.0 Å². The predicted octanol–water partition coefficient (Wildman–Crippen LogP) is 3.64. The summed E-state index contributed by atoms with van der Waals surface area (Å²) in [6.07, 6.45) is -4.92. The molecule has 1 unspecified atom stereocenters. The van der Waals surface area contributed by atoms with Gasteiger partial charge >= 0.3 is 18.2 Å². The topological polar surface area (TPSA) is 82.1 Å². The number of piperazine rings is 1. The minimum atomic E-state index is -4.53. The van der Waals surface area contributed by atoms with E-state index in [0.717, 1.165) is 12.1 Å². The van der Waals surface area contributed by atoms with Crippen LogP contribution in [0.1, 0.15) is 38.8 Å². The molecular formula is C20H28F3N3O4. The summed E-state index contributed by atoms with van der Waals surface area (Å²) in [6.45, 7) is 8.98. The van der Waals surface area contributed by atoms with Gasteiger partial charge in [-0.3, -0.25) is 9.69 Å². The number of rotatable bonds is 5. The Bertz CT molecular complexity index is 770. The average Bonchev–Trinajstić information content (AvgIpc) is 2.61. The number of aliphatic carboxylic acids is 1. The Balaban J connectivity index is 2.09. The van der Waals surface area contributed by atoms with Crippen LogP contribution in [0, 0.1) is 0 Å². The molecule has 0 saturated carbocycles. The van der Waals surface area contributed by atoms with Crippen molar-refractivity contribution >= 4 is 17.7 Å². The van der Waals surface area contributed by atoms with Crippen LogP contribution in [0.15, 0.2) is 18.2 Å². The highest BCUT2D eigenvalue weighted by Crippen LogP contribution is 2.33. The number of nitrogens with zero attached hydrogens (tertiary/aromatic N) is 2. The van der Waals surface area contributed by atoms with E-state index < -0.39 is 35.4 Å². The maximum Gasteiger partial charge on any atom is 0.416 e. The smallest absolute Gasteiger partial charge is 0.416 e. The van der Waals surface area contributed by atoms with E-state index in [-0.39, 0.29) is 5.69 Å². The highest BCUT2D eigenvalue weighted by molar-refractivity contribution is 5.77. The number of hydrogen-bond donors (Lipinski definition) is 2. The molecule has 1 aliphatic rings. The lowest BCUT2D eigenvalue weighted by atomic mass is 10.1. The van der Waals surface area contributed by atoms with E-state index >= 15 is 0 Å². The third-order valence-electron chi connectivity index (χ3n) is 4.60. The zero-order valence-electron chi connectivity index (χ0n) is 17.5. The molecule has 0 spiro atoms. The fraction of sp³-hybridized carbons (Fsp3) is 0.600. The van der Waals surface area contributed by atoms with Crippen LogP contribution < -0.4 is 5.32 Å². The van der Waals surface area contributed by atoms with Crippen molar-refractivity contribution in [2.75, 3.05) is 31.5 Å². The van der Waals surface area contributed by atoms with Gasteiger partial charge in [-0.05, 0) is 45.4 Å². The summed E-state index contributed by atoms with van der Waals surface area (Å²) in [5, 5.41) is 11.8. The lowest BCUT2D eigenvalue weighted by Crippen LogP contribution is -2.49. The molecule has 30 heavy (non-hydrogen) atoms. The molecule has 0 bridgehead atoms. The first kappa shape index (κ1) is 23.8. The molecule has 1 saturated heterocycles. The molecule has 1 heterocycles. The van der Waals surface area contributed by atoms with Crippen LogP contribution in [0.3, 0.4) is 0 Å². The molecular weight excluding hydrogens is 403 g/mol. The van der Waals surface area contributed by atoms with Gasteiger partial charge in [0.15, 0.2) is 0 Å². The molecule has 0 radical (unpaired) electrons. The number of amides is 1. The molecule has 1 amide bonds. The molecule has 2 rings (SSSR count). The van der Waals surface area contributed by atoms with Gasteiger partial charge in [-0.15, -0.1) is 0 Å². The molecule has 1 aromatic carbocycles. The van der Waals surface area contributed by atoms with E-state index in [1.807, 2.05) is 4.90 Å². The highest BCUT2D eigenvalue weighted by Gasteiger charge is 2.32. The third-order valence-corrected chi connectivity index (χ3v) is 4.60. The largest absolute Gasteiger partial charge is 0.480 e. The van der Waals surface area contributed by atoms with Crippen LogP contribution in [-0.2, 0) is 22.3 Å². The van der Waals surface area contributed by atoms with Crippen LogP contribution in [-0.4, -0.2) is 64.8 Å². The Morgan fingerprint density at radius 3 is 2.27 bits per heavy atom. The summed E-state index contributed by atoms with van der Waals surface area (Å²) < 4.78 is 44.6. The number of carboxylic acids is 1. The minimum absolute atomic E-state index is 0.134. The molecule has 1 atom stereocenters. The van der Waals surface area contributed by atoms with Crippen molar-refractivity contribution in [1.29, 1.82) is 0 Å². The molecule has 0 aliphatic carbocycles. The van der Waals surface area contributed by atoms with E-state index in [1.54, 1.807) is 25.7 Å². The number of halogens is 3. The van der Waals surface area contributed by atoms with Crippen molar-refractivity contribution in [1.82, 2.24) is 9.80 Å². The first-order valence-electron chi connectivity index (χ1n) is 9.66. The Labute approximate surface area is 173 Å². The molecule has 2 N–H and O–H groups in total. The molecule has 7 nitrogen and oxygen atoms in total. The predicted molar refractivity (Wildman–Crippen MR) is 105 cm³/mol. The molecule has 1 fully saturated rings. The quantitative estimate of drug-likeness (QED) is 0.741. The molecule has 0 aromatic heterocycles. The highest BCUT2D eigenvalue weighted by atomic mass is 19.4. The van der Waals surface area contributed by atoms with Crippen molar-refractivity contribution in [3.8, 4) is 0 Å². The Kier molecular flexibility index (Phi) is 7.23. The summed E-state index contributed by atoms with van der Waals surface area (Å²) in [4.78, 5) is 26.9. The van der Waals surface area contributed by atoms with Crippen LogP contribution in [0.2, 0.25) is 0 Å². The van der Waals surface area contributed by atoms with Gasteiger partial charge in [0, 0.05) is 38.4 Å². The first-order valence-corrected chi connectivity index (χ1v) is 9.66. The maximum atomic E-state index is 13.1. The van der Waals surface area contributed by atoms with E-state index in [4.69, 9.17) is 9.84 Å². The van der Waals surface area contributed by atoms with Crippen LogP contribution in [0.25, 0.3) is 0 Å². The van der Waals surface area contributed by atoms with Crippen LogP contribution >= 0.6 is 0 Å². The number of carboxylic acid groups (broad SMARTS) is 1. The second kappa shape index (κ2) is 9.11. The van der Waals surface area contributed by atoms with Gasteiger partial charge in [-0.1, -0.05) is 6.07 Å². The first-order chi connectivity index (χ1) is 13.8. The second-order valence-corrected chi connectivity index (χ2v) is 8.32. The summed E-state index contributed by atoms with van der Waals surface area (Å²) in [5.41, 5.74) is -0.743. The summed E-state index contributed by atoms with van der Waals surface area (Å²) in [7, 11) is 0. The van der Waals surface area contributed by atoms with Gasteiger partial charge in [-0.25, -0.2) is 4.79 Å². The van der Waals surface area contributed by atoms with Crippen molar-refractivity contribution in [3.63, 3.8) is 0 Å². The van der Waals surface area contributed by atoms with Crippen LogP contribution in [0.4, 0.5) is 23.7 Å². The Hall–Kier alpha value is -2.49. The monoisotopic (exact) mass is 431 g/mol. The van der Waals surface area contributed by atoms with Gasteiger partial charge in [0.1, 0.15) is 11.6 Å². The van der Waals surface area contributed by atoms with Gasteiger partial charge in [0.2, 0.25) is 0 Å². The second-order valence-electron chi connectivity index (χ2n) is 8.32. The van der Waals surface area contributed by atoms with Gasteiger partial charge in [-0.2, -0.15) is 13.2 Å². The molecule has 168 valence electrons. The number of benzene rings is 1. The average molecular weight is 431 g/mol. The van der Waals surface area contributed by atoms with E-state index in [2.05, 4.69) is 5.32 Å². The van der Waals surface area contributed by atoms with Gasteiger partial charge in [0.25, 0.3) is 0 Å². The van der Waals surface area contributed by atoms with E-state index in [9.17, 15) is 22.8 Å². The zero-order valence-corrected chi connectivity index (χ0v) is 17.5. The SMILES string of the molecule is CC(Nc1cc(C(F)(F)F)ccc1CN1CCN(C(=O)OC(C)(C)C)CC1)C(=O)O. The maximum absolute atomic E-state index is 13.1. The lowest BCUT2D eigenvalue weighted by molar-refractivity contribution is -0.138. The Morgan fingerprint density at radius 2 is 1.77 bits per heavy atom. The van der Waals surface area contributed by atoms with Crippen molar-refractivity contribution in [3.05, 3.63) is 29.3 Å². The molecule has 1 aliphatic heterocycles. The zero-order chi connectivity index (χ0) is 22.7. The number of ether oxygens (including phenoxy) is 1. The summed E-state index contributed by atoms with van der Waals surface area (Å²) in [6, 6.07) is 2.24. The number of alkyl halides is 3. The summed E-state index contributed by atoms with van der Waals surface area (Å²) >= 11 is 0. The fourth-order valence-electron chi connectivity index (χ4n) is 2.98. The van der Waals surface area contributed by atoms with Gasteiger partial charge in [0.05, 0.1) is 5.56 Å². The normalized spacial score (nSPS) is 16.8. The third kappa shape index (κ3) is 6.79. The fourth-order valence-corrected chi connectivity index (χ4v) is 2.98. The van der Waals surface area contributed by atoms with Gasteiger partial charge < -0.3 is 20.1 Å². The standard InChI is InChI=1S/C20H28F3N3O4/c1-13(17(27)28)24-16-11-15(20(21,22)23)6-5-14(16)12-25-7-9-26(10-8-25)18(29)30-19(2,3)4/h5-6,11,13,24H,7-10,12H2,1-4H3,(H,27,28). The number of nitrogens with one attached hydrogen (secondary N) is 1. The molecule has 10 heteroatoms. The summed E-state index contributed by atoms with van der Waals surface area (Å²) in [5.74, 6) is -1.16. The number of carbonyl (C=O) groups excluding carboxylic acids is 1. The molecule has 1 aromatic rings. The minimum Gasteiger partial charge on any atom is -0.480 e. The number of carbonyl (C=O) groups is 2.